The number of nitriles is 1. The van der Waals surface area contributed by atoms with Crippen LogP contribution in [0.25, 0.3) is 0 Å². The summed E-state index contributed by atoms with van der Waals surface area (Å²) in [6.45, 7) is 2.13. The Hall–Kier alpha value is -1.58. The number of anilines is 1. The molecule has 0 radical (unpaired) electrons. The van der Waals surface area contributed by atoms with Crippen molar-refractivity contribution in [2.75, 3.05) is 19.3 Å². The minimum absolute atomic E-state index is 0.164. The molecule has 18 heavy (non-hydrogen) atoms. The molecule has 0 bridgehead atoms. The molecule has 2 N–H and O–H groups in total. The number of hydrogen-bond donors (Lipinski definition) is 1. The predicted molar refractivity (Wildman–Crippen MR) is 70.3 cm³/mol. The highest BCUT2D eigenvalue weighted by Crippen LogP contribution is 2.21. The van der Waals surface area contributed by atoms with Crippen LogP contribution in [0.5, 0.6) is 0 Å². The second-order valence-corrected chi connectivity index (χ2v) is 5.99. The van der Waals surface area contributed by atoms with Crippen LogP contribution in [0.1, 0.15) is 18.9 Å². The minimum Gasteiger partial charge on any atom is -0.398 e. The van der Waals surface area contributed by atoms with Crippen molar-refractivity contribution in [1.29, 1.82) is 5.26 Å². The van der Waals surface area contributed by atoms with Gasteiger partial charge in [0.05, 0.1) is 11.0 Å². The number of nitrogen functional groups attached to an aromatic ring is 1. The van der Waals surface area contributed by atoms with Crippen molar-refractivity contribution < 1.29 is 8.42 Å². The summed E-state index contributed by atoms with van der Waals surface area (Å²) >= 11 is 0. The van der Waals surface area contributed by atoms with Gasteiger partial charge in [0.1, 0.15) is 0 Å². The number of nitrogens with zero attached hydrogens (tertiary/aromatic N) is 2. The molecule has 0 atom stereocenters. The smallest absolute Gasteiger partial charge is 0.242 e. The molecule has 0 aliphatic rings. The Morgan fingerprint density at radius 3 is 2.61 bits per heavy atom. The van der Waals surface area contributed by atoms with Crippen LogP contribution < -0.4 is 5.73 Å². The zero-order valence-electron chi connectivity index (χ0n) is 10.5. The van der Waals surface area contributed by atoms with E-state index < -0.39 is 10.0 Å². The summed E-state index contributed by atoms with van der Waals surface area (Å²) in [6.07, 6.45) is 0.925. The highest BCUT2D eigenvalue weighted by atomic mass is 32.2. The monoisotopic (exact) mass is 267 g/mol. The molecule has 1 aromatic carbocycles. The first-order chi connectivity index (χ1) is 8.43. The van der Waals surface area contributed by atoms with Gasteiger partial charge in [-0.05, 0) is 24.1 Å². The zero-order chi connectivity index (χ0) is 13.8. The van der Waals surface area contributed by atoms with Gasteiger partial charge < -0.3 is 5.73 Å². The van der Waals surface area contributed by atoms with Crippen LogP contribution in [0.15, 0.2) is 23.1 Å². The Morgan fingerprint density at radius 2 is 2.11 bits per heavy atom. The molecule has 1 rings (SSSR count). The number of benzene rings is 1. The van der Waals surface area contributed by atoms with E-state index in [1.54, 1.807) is 12.1 Å². The van der Waals surface area contributed by atoms with Gasteiger partial charge in [-0.2, -0.15) is 9.57 Å². The molecule has 0 unspecified atom stereocenters. The number of nitrogens with two attached hydrogens (primary N) is 1. The molecule has 6 heteroatoms. The van der Waals surface area contributed by atoms with Crippen LogP contribution in [-0.4, -0.2) is 26.3 Å². The van der Waals surface area contributed by atoms with Crippen molar-refractivity contribution >= 4 is 15.7 Å². The molecule has 0 heterocycles. The zero-order valence-corrected chi connectivity index (χ0v) is 11.4. The molecule has 98 valence electrons. The third kappa shape index (κ3) is 3.00. The van der Waals surface area contributed by atoms with Gasteiger partial charge in [-0.3, -0.25) is 0 Å². The van der Waals surface area contributed by atoms with Gasteiger partial charge in [-0.1, -0.05) is 13.0 Å². The first-order valence-electron chi connectivity index (χ1n) is 5.65. The molecule has 0 spiro atoms. The van der Waals surface area contributed by atoms with E-state index in [9.17, 15) is 8.42 Å². The predicted octanol–water partition coefficient (Wildman–Crippen LogP) is 1.37. The van der Waals surface area contributed by atoms with Crippen LogP contribution in [0.3, 0.4) is 0 Å². The van der Waals surface area contributed by atoms with Crippen molar-refractivity contribution in [2.24, 2.45) is 0 Å². The molecular formula is C12H17N3O2S. The summed E-state index contributed by atoms with van der Waals surface area (Å²) in [7, 11) is -2.10. The lowest BCUT2D eigenvalue weighted by atomic mass is 10.1. The van der Waals surface area contributed by atoms with Gasteiger partial charge in [-0.25, -0.2) is 8.42 Å². The second kappa shape index (κ2) is 5.85. The van der Waals surface area contributed by atoms with E-state index in [2.05, 4.69) is 0 Å². The normalized spacial score (nSPS) is 11.4. The molecule has 5 nitrogen and oxygen atoms in total. The van der Waals surface area contributed by atoms with Crippen molar-refractivity contribution in [2.45, 2.75) is 24.7 Å². The molecule has 1 aromatic rings. The maximum absolute atomic E-state index is 12.2. The van der Waals surface area contributed by atoms with Gasteiger partial charge >= 0.3 is 0 Å². The summed E-state index contributed by atoms with van der Waals surface area (Å²) in [5, 5.41) is 8.47. The Labute approximate surface area is 108 Å². The Morgan fingerprint density at radius 1 is 1.44 bits per heavy atom. The first-order valence-corrected chi connectivity index (χ1v) is 7.09. The fourth-order valence-corrected chi connectivity index (χ4v) is 2.77. The summed E-state index contributed by atoms with van der Waals surface area (Å²) in [6, 6.07) is 6.66. The molecular weight excluding hydrogens is 250 g/mol. The Balaban J connectivity index is 3.06. The maximum atomic E-state index is 12.2. The van der Waals surface area contributed by atoms with Crippen molar-refractivity contribution in [3.8, 4) is 6.07 Å². The van der Waals surface area contributed by atoms with E-state index in [0.717, 1.165) is 16.3 Å². The Kier molecular flexibility index (Phi) is 4.70. The lowest BCUT2D eigenvalue weighted by Crippen LogP contribution is -2.27. The molecule has 0 aliphatic carbocycles. The van der Waals surface area contributed by atoms with E-state index in [4.69, 9.17) is 11.0 Å². The Bertz CT molecular complexity index is 561. The van der Waals surface area contributed by atoms with Crippen LogP contribution in [0.4, 0.5) is 5.69 Å². The van der Waals surface area contributed by atoms with Crippen LogP contribution in [0.2, 0.25) is 0 Å². The topological polar surface area (TPSA) is 87.2 Å². The lowest BCUT2D eigenvalue weighted by molar-refractivity contribution is 0.476. The van der Waals surface area contributed by atoms with E-state index in [-0.39, 0.29) is 17.9 Å². The van der Waals surface area contributed by atoms with E-state index >= 15 is 0 Å². The van der Waals surface area contributed by atoms with Gasteiger partial charge in [0.25, 0.3) is 0 Å². The standard InChI is InChI=1S/C12H17N3O2S/c1-3-10-5-6-11(9-12(10)14)18(16,17)15(2)8-4-7-13/h5-6,9H,3-4,8,14H2,1-2H3. The third-order valence-electron chi connectivity index (χ3n) is 2.74. The maximum Gasteiger partial charge on any atom is 0.242 e. The summed E-state index contributed by atoms with van der Waals surface area (Å²) in [5.41, 5.74) is 7.20. The summed E-state index contributed by atoms with van der Waals surface area (Å²) in [5.74, 6) is 0. The fourth-order valence-electron chi connectivity index (χ4n) is 1.56. The molecule has 0 fully saturated rings. The highest BCUT2D eigenvalue weighted by molar-refractivity contribution is 7.89. The summed E-state index contributed by atoms with van der Waals surface area (Å²) < 4.78 is 25.5. The SMILES string of the molecule is CCc1ccc(S(=O)(=O)N(C)CCC#N)cc1N. The largest absolute Gasteiger partial charge is 0.398 e. The van der Waals surface area contributed by atoms with Gasteiger partial charge in [-0.15, -0.1) is 0 Å². The highest BCUT2D eigenvalue weighted by Gasteiger charge is 2.20. The van der Waals surface area contributed by atoms with E-state index in [0.29, 0.717) is 5.69 Å². The number of sulfonamides is 1. The minimum atomic E-state index is -3.56. The number of rotatable bonds is 5. The average Bonchev–Trinajstić information content (AvgIpc) is 2.35. The summed E-state index contributed by atoms with van der Waals surface area (Å²) in [4.78, 5) is 0.164. The first kappa shape index (κ1) is 14.5. The quantitative estimate of drug-likeness (QED) is 0.816. The third-order valence-corrected chi connectivity index (χ3v) is 4.60. The van der Waals surface area contributed by atoms with Crippen molar-refractivity contribution in [1.82, 2.24) is 4.31 Å². The lowest BCUT2D eigenvalue weighted by Gasteiger charge is -2.16. The van der Waals surface area contributed by atoms with Crippen molar-refractivity contribution in [3.63, 3.8) is 0 Å². The molecule has 0 saturated carbocycles. The fraction of sp³-hybridized carbons (Fsp3) is 0.417. The average molecular weight is 267 g/mol. The second-order valence-electron chi connectivity index (χ2n) is 3.95. The van der Waals surface area contributed by atoms with E-state index in [1.165, 1.54) is 13.1 Å². The molecule has 0 amide bonds. The van der Waals surface area contributed by atoms with Crippen molar-refractivity contribution in [3.05, 3.63) is 23.8 Å². The van der Waals surface area contributed by atoms with Gasteiger partial charge in [0.2, 0.25) is 10.0 Å². The van der Waals surface area contributed by atoms with E-state index in [1.807, 2.05) is 13.0 Å². The molecule has 0 aromatic heterocycles. The number of hydrogen-bond acceptors (Lipinski definition) is 4. The molecule has 0 aliphatic heterocycles. The van der Waals surface area contributed by atoms with Gasteiger partial charge in [0, 0.05) is 25.7 Å². The van der Waals surface area contributed by atoms with Crippen LogP contribution in [0, 0.1) is 11.3 Å². The van der Waals surface area contributed by atoms with Crippen LogP contribution >= 0.6 is 0 Å². The van der Waals surface area contributed by atoms with Gasteiger partial charge in [0.15, 0.2) is 0 Å². The number of aryl methyl sites for hydroxylation is 1. The van der Waals surface area contributed by atoms with Crippen LogP contribution in [-0.2, 0) is 16.4 Å². The molecule has 0 saturated heterocycles.